The van der Waals surface area contributed by atoms with Crippen molar-refractivity contribution in [3.8, 4) is 0 Å². The highest BCUT2D eigenvalue weighted by Crippen LogP contribution is 2.30. The topological polar surface area (TPSA) is 42.4 Å². The summed E-state index contributed by atoms with van der Waals surface area (Å²) in [5.41, 5.74) is 1.01. The molecule has 1 aliphatic heterocycles. The van der Waals surface area contributed by atoms with E-state index in [-0.39, 0.29) is 5.97 Å². The SMILES string of the molecule is CCOC(=O)CCc1csc(C2CSCCN2C)n1. The number of nitrogens with zero attached hydrogens (tertiary/aromatic N) is 2. The molecule has 6 heteroatoms. The summed E-state index contributed by atoms with van der Waals surface area (Å²) in [4.78, 5) is 18.4. The van der Waals surface area contributed by atoms with Crippen molar-refractivity contribution >= 4 is 29.1 Å². The molecule has 2 rings (SSSR count). The molecule has 0 spiro atoms. The van der Waals surface area contributed by atoms with E-state index in [1.165, 1.54) is 10.8 Å². The third-order valence-electron chi connectivity index (χ3n) is 3.14. The largest absolute Gasteiger partial charge is 0.466 e. The van der Waals surface area contributed by atoms with Gasteiger partial charge in [0.2, 0.25) is 0 Å². The average molecular weight is 300 g/mol. The van der Waals surface area contributed by atoms with Gasteiger partial charge in [0.15, 0.2) is 0 Å². The summed E-state index contributed by atoms with van der Waals surface area (Å²) in [5, 5.41) is 3.25. The minimum Gasteiger partial charge on any atom is -0.466 e. The van der Waals surface area contributed by atoms with Gasteiger partial charge in [-0.3, -0.25) is 9.69 Å². The number of ether oxygens (including phenoxy) is 1. The number of rotatable bonds is 5. The monoisotopic (exact) mass is 300 g/mol. The molecule has 19 heavy (non-hydrogen) atoms. The van der Waals surface area contributed by atoms with Gasteiger partial charge >= 0.3 is 5.97 Å². The van der Waals surface area contributed by atoms with Crippen LogP contribution >= 0.6 is 23.1 Å². The zero-order valence-corrected chi connectivity index (χ0v) is 13.1. The molecule has 4 nitrogen and oxygen atoms in total. The second kappa shape index (κ2) is 7.26. The van der Waals surface area contributed by atoms with Crippen LogP contribution in [0.3, 0.4) is 0 Å². The van der Waals surface area contributed by atoms with E-state index in [1.54, 1.807) is 11.3 Å². The first-order valence-electron chi connectivity index (χ1n) is 6.58. The predicted molar refractivity (Wildman–Crippen MR) is 79.8 cm³/mol. The maximum atomic E-state index is 11.3. The van der Waals surface area contributed by atoms with Gasteiger partial charge in [0.1, 0.15) is 5.01 Å². The highest BCUT2D eigenvalue weighted by atomic mass is 32.2. The fraction of sp³-hybridized carbons (Fsp3) is 0.692. The molecule has 1 unspecified atom stereocenters. The molecule has 1 aromatic heterocycles. The third-order valence-corrected chi connectivity index (χ3v) is 5.16. The van der Waals surface area contributed by atoms with E-state index >= 15 is 0 Å². The summed E-state index contributed by atoms with van der Waals surface area (Å²) in [6, 6.07) is 0.431. The number of hydrogen-bond acceptors (Lipinski definition) is 6. The molecule has 0 bridgehead atoms. The van der Waals surface area contributed by atoms with Gasteiger partial charge in [0.25, 0.3) is 0 Å². The zero-order valence-electron chi connectivity index (χ0n) is 11.4. The fourth-order valence-electron chi connectivity index (χ4n) is 2.00. The molecule has 0 aromatic carbocycles. The number of thioether (sulfide) groups is 1. The summed E-state index contributed by atoms with van der Waals surface area (Å²) in [7, 11) is 2.16. The first-order chi connectivity index (χ1) is 9.20. The Morgan fingerprint density at radius 3 is 3.21 bits per heavy atom. The highest BCUT2D eigenvalue weighted by molar-refractivity contribution is 7.99. The normalized spacial score (nSPS) is 20.4. The molecule has 0 aliphatic carbocycles. The van der Waals surface area contributed by atoms with Crippen molar-refractivity contribution in [2.45, 2.75) is 25.8 Å². The van der Waals surface area contributed by atoms with E-state index in [9.17, 15) is 4.79 Å². The van der Waals surface area contributed by atoms with Crippen LogP contribution < -0.4 is 0 Å². The summed E-state index contributed by atoms with van der Waals surface area (Å²) >= 11 is 3.69. The minimum atomic E-state index is -0.137. The molecule has 1 atom stereocenters. The van der Waals surface area contributed by atoms with Crippen molar-refractivity contribution in [3.05, 3.63) is 16.1 Å². The maximum Gasteiger partial charge on any atom is 0.306 e. The van der Waals surface area contributed by atoms with Crippen LogP contribution in [-0.4, -0.2) is 47.6 Å². The second-order valence-electron chi connectivity index (χ2n) is 4.55. The highest BCUT2D eigenvalue weighted by Gasteiger charge is 2.23. The van der Waals surface area contributed by atoms with Crippen LogP contribution in [-0.2, 0) is 16.0 Å². The molecule has 0 N–H and O–H groups in total. The number of hydrogen-bond donors (Lipinski definition) is 0. The van der Waals surface area contributed by atoms with Crippen LogP contribution in [0.25, 0.3) is 0 Å². The van der Waals surface area contributed by atoms with E-state index in [1.807, 2.05) is 18.7 Å². The van der Waals surface area contributed by atoms with E-state index < -0.39 is 0 Å². The van der Waals surface area contributed by atoms with Gasteiger partial charge in [-0.1, -0.05) is 0 Å². The summed E-state index contributed by atoms with van der Waals surface area (Å²) in [6.45, 7) is 3.40. The number of esters is 1. The van der Waals surface area contributed by atoms with Crippen molar-refractivity contribution in [1.82, 2.24) is 9.88 Å². The Balaban J connectivity index is 1.89. The predicted octanol–water partition coefficient (Wildman–Crippen LogP) is 2.36. The van der Waals surface area contributed by atoms with Crippen molar-refractivity contribution in [1.29, 1.82) is 0 Å². The Morgan fingerprint density at radius 1 is 1.63 bits per heavy atom. The lowest BCUT2D eigenvalue weighted by Crippen LogP contribution is -2.32. The number of carbonyl (C=O) groups is 1. The Kier molecular flexibility index (Phi) is 5.66. The average Bonchev–Trinajstić information content (AvgIpc) is 2.86. The summed E-state index contributed by atoms with van der Waals surface area (Å²) in [5.74, 6) is 2.18. The first-order valence-corrected chi connectivity index (χ1v) is 8.62. The van der Waals surface area contributed by atoms with Gasteiger partial charge in [-0.15, -0.1) is 11.3 Å². The van der Waals surface area contributed by atoms with Crippen molar-refractivity contribution in [2.24, 2.45) is 0 Å². The molecule has 0 radical (unpaired) electrons. The molecule has 1 aromatic rings. The second-order valence-corrected chi connectivity index (χ2v) is 6.59. The van der Waals surface area contributed by atoms with Gasteiger partial charge in [-0.05, 0) is 14.0 Å². The Bertz CT molecular complexity index is 423. The van der Waals surface area contributed by atoms with Gasteiger partial charge in [-0.25, -0.2) is 4.98 Å². The summed E-state index contributed by atoms with van der Waals surface area (Å²) in [6.07, 6.45) is 1.10. The molecule has 1 aliphatic rings. The molecular weight excluding hydrogens is 280 g/mol. The molecular formula is C13H20N2O2S2. The Morgan fingerprint density at radius 2 is 2.47 bits per heavy atom. The number of aromatic nitrogens is 1. The van der Waals surface area contributed by atoms with E-state index in [2.05, 4.69) is 22.3 Å². The first kappa shape index (κ1) is 14.8. The van der Waals surface area contributed by atoms with Gasteiger partial charge < -0.3 is 4.74 Å². The molecule has 106 valence electrons. The zero-order chi connectivity index (χ0) is 13.7. The van der Waals surface area contributed by atoms with Crippen LogP contribution in [0.1, 0.15) is 30.1 Å². The maximum absolute atomic E-state index is 11.3. The van der Waals surface area contributed by atoms with E-state index in [4.69, 9.17) is 4.74 Å². The quantitative estimate of drug-likeness (QED) is 0.781. The smallest absolute Gasteiger partial charge is 0.306 e. The Labute approximate surface area is 122 Å². The lowest BCUT2D eigenvalue weighted by atomic mass is 10.2. The third kappa shape index (κ3) is 4.19. The Hall–Kier alpha value is -0.590. The molecule has 2 heterocycles. The minimum absolute atomic E-state index is 0.137. The molecule has 0 amide bonds. The van der Waals surface area contributed by atoms with Crippen LogP contribution in [0.2, 0.25) is 0 Å². The van der Waals surface area contributed by atoms with Gasteiger partial charge in [0, 0.05) is 29.9 Å². The number of carbonyl (C=O) groups excluding carboxylic acids is 1. The van der Waals surface area contributed by atoms with E-state index in [0.717, 1.165) is 18.0 Å². The van der Waals surface area contributed by atoms with Crippen LogP contribution in [0.5, 0.6) is 0 Å². The van der Waals surface area contributed by atoms with Gasteiger partial charge in [-0.2, -0.15) is 11.8 Å². The van der Waals surface area contributed by atoms with E-state index in [0.29, 0.717) is 25.5 Å². The fourth-order valence-corrected chi connectivity index (χ4v) is 4.34. The lowest BCUT2D eigenvalue weighted by Gasteiger charge is -2.30. The standard InChI is InChI=1S/C13H20N2O2S2/c1-3-17-12(16)5-4-10-8-19-13(14-10)11-9-18-7-6-15(11)2/h8,11H,3-7,9H2,1-2H3. The molecule has 1 saturated heterocycles. The summed E-state index contributed by atoms with van der Waals surface area (Å²) < 4.78 is 4.93. The molecule has 1 fully saturated rings. The van der Waals surface area contributed by atoms with Crippen LogP contribution in [0.15, 0.2) is 5.38 Å². The number of aryl methyl sites for hydroxylation is 1. The van der Waals surface area contributed by atoms with Crippen molar-refractivity contribution < 1.29 is 9.53 Å². The lowest BCUT2D eigenvalue weighted by molar-refractivity contribution is -0.143. The molecule has 0 saturated carbocycles. The van der Waals surface area contributed by atoms with Crippen molar-refractivity contribution in [3.63, 3.8) is 0 Å². The van der Waals surface area contributed by atoms with Crippen molar-refractivity contribution in [2.75, 3.05) is 31.7 Å². The van der Waals surface area contributed by atoms with Crippen LogP contribution in [0.4, 0.5) is 0 Å². The van der Waals surface area contributed by atoms with Crippen LogP contribution in [0, 0.1) is 0 Å². The van der Waals surface area contributed by atoms with Gasteiger partial charge in [0.05, 0.1) is 24.8 Å². The number of thiazole rings is 1.